The molecule has 1 heterocycles. The summed E-state index contributed by atoms with van der Waals surface area (Å²) in [5.41, 5.74) is 6.40. The molecule has 5 heteroatoms. The van der Waals surface area contributed by atoms with Crippen molar-refractivity contribution in [3.63, 3.8) is 0 Å². The van der Waals surface area contributed by atoms with Crippen LogP contribution in [0.2, 0.25) is 0 Å². The summed E-state index contributed by atoms with van der Waals surface area (Å²) in [5, 5.41) is 0. The smallest absolute Gasteiger partial charge is 0.224 e. The molecule has 19 heavy (non-hydrogen) atoms. The normalized spacial score (nSPS) is 21.2. The van der Waals surface area contributed by atoms with E-state index in [4.69, 9.17) is 10.5 Å². The summed E-state index contributed by atoms with van der Waals surface area (Å²) in [6.45, 7) is 3.29. The first-order valence-electron chi connectivity index (χ1n) is 6.46. The van der Waals surface area contributed by atoms with E-state index in [1.807, 2.05) is 13.0 Å². The molecule has 4 nitrogen and oxygen atoms in total. The molecule has 1 aliphatic heterocycles. The Bertz CT molecular complexity index is 451. The van der Waals surface area contributed by atoms with Crippen LogP contribution in [0, 0.1) is 5.82 Å². The zero-order valence-electron chi connectivity index (χ0n) is 11.0. The highest BCUT2D eigenvalue weighted by Gasteiger charge is 2.25. The second-order valence-electron chi connectivity index (χ2n) is 4.94. The fourth-order valence-electron chi connectivity index (χ4n) is 2.19. The predicted molar refractivity (Wildman–Crippen MR) is 69.9 cm³/mol. The van der Waals surface area contributed by atoms with Crippen LogP contribution >= 0.6 is 0 Å². The van der Waals surface area contributed by atoms with Crippen molar-refractivity contribution in [2.75, 3.05) is 19.7 Å². The topological polar surface area (TPSA) is 55.6 Å². The molecule has 0 radical (unpaired) electrons. The lowest BCUT2D eigenvalue weighted by atomic mass is 10.1. The first-order chi connectivity index (χ1) is 9.06. The van der Waals surface area contributed by atoms with Crippen LogP contribution in [0.25, 0.3) is 0 Å². The van der Waals surface area contributed by atoms with Crippen molar-refractivity contribution in [1.82, 2.24) is 4.90 Å². The largest absolute Gasteiger partial charge is 0.370 e. The summed E-state index contributed by atoms with van der Waals surface area (Å²) in [7, 11) is 0. The summed E-state index contributed by atoms with van der Waals surface area (Å²) < 4.78 is 18.8. The van der Waals surface area contributed by atoms with Crippen molar-refractivity contribution in [1.29, 1.82) is 0 Å². The van der Waals surface area contributed by atoms with Gasteiger partial charge in [-0.15, -0.1) is 0 Å². The third kappa shape index (κ3) is 3.75. The quantitative estimate of drug-likeness (QED) is 0.901. The maximum Gasteiger partial charge on any atom is 0.224 e. The van der Waals surface area contributed by atoms with Gasteiger partial charge >= 0.3 is 0 Å². The lowest BCUT2D eigenvalue weighted by Crippen LogP contribution is -2.43. The van der Waals surface area contributed by atoms with Gasteiger partial charge in [-0.1, -0.05) is 12.1 Å². The molecule has 0 aromatic heterocycles. The standard InChI is InChI=1S/C14H19FN2O2/c1-10(16)7-14(18)17-5-6-19-13(9-17)11-3-2-4-12(15)8-11/h2-4,8,10,13H,5-7,9,16H2,1H3. The van der Waals surface area contributed by atoms with Gasteiger partial charge < -0.3 is 15.4 Å². The summed E-state index contributed by atoms with van der Waals surface area (Å²) in [5.74, 6) is -0.264. The molecular formula is C14H19FN2O2. The number of hydrogen-bond donors (Lipinski definition) is 1. The molecule has 2 atom stereocenters. The predicted octanol–water partition coefficient (Wildman–Crippen LogP) is 1.46. The van der Waals surface area contributed by atoms with Crippen LogP contribution in [0.5, 0.6) is 0 Å². The zero-order valence-corrected chi connectivity index (χ0v) is 11.0. The minimum Gasteiger partial charge on any atom is -0.370 e. The molecule has 1 saturated heterocycles. The Kier molecular flexibility index (Phi) is 4.50. The Morgan fingerprint density at radius 2 is 2.42 bits per heavy atom. The molecule has 0 spiro atoms. The monoisotopic (exact) mass is 266 g/mol. The van der Waals surface area contributed by atoms with Crippen LogP contribution < -0.4 is 5.73 Å². The molecule has 2 N–H and O–H groups in total. The van der Waals surface area contributed by atoms with Crippen molar-refractivity contribution in [3.8, 4) is 0 Å². The third-order valence-electron chi connectivity index (χ3n) is 3.14. The van der Waals surface area contributed by atoms with Crippen LogP contribution in [0.4, 0.5) is 4.39 Å². The van der Waals surface area contributed by atoms with Gasteiger partial charge in [0, 0.05) is 19.0 Å². The van der Waals surface area contributed by atoms with Gasteiger partial charge in [-0.2, -0.15) is 0 Å². The highest BCUT2D eigenvalue weighted by atomic mass is 19.1. The Balaban J connectivity index is 2.03. The average molecular weight is 266 g/mol. The molecule has 1 amide bonds. The molecule has 0 aliphatic carbocycles. The number of ether oxygens (including phenoxy) is 1. The summed E-state index contributed by atoms with van der Waals surface area (Å²) in [4.78, 5) is 13.7. The van der Waals surface area contributed by atoms with Crippen molar-refractivity contribution in [2.45, 2.75) is 25.5 Å². The number of nitrogens with two attached hydrogens (primary N) is 1. The van der Waals surface area contributed by atoms with Gasteiger partial charge in [-0.05, 0) is 24.6 Å². The number of carbonyl (C=O) groups is 1. The third-order valence-corrected chi connectivity index (χ3v) is 3.14. The van der Waals surface area contributed by atoms with Gasteiger partial charge in [0.05, 0.1) is 13.2 Å². The minimum absolute atomic E-state index is 0.0275. The molecule has 1 fully saturated rings. The SMILES string of the molecule is CC(N)CC(=O)N1CCOC(c2cccc(F)c2)C1. The van der Waals surface area contributed by atoms with Gasteiger partial charge in [-0.25, -0.2) is 4.39 Å². The fourth-order valence-corrected chi connectivity index (χ4v) is 2.19. The Hall–Kier alpha value is -1.46. The number of hydrogen-bond acceptors (Lipinski definition) is 3. The number of benzene rings is 1. The van der Waals surface area contributed by atoms with Gasteiger partial charge in [0.1, 0.15) is 11.9 Å². The number of rotatable bonds is 3. The highest BCUT2D eigenvalue weighted by Crippen LogP contribution is 2.23. The summed E-state index contributed by atoms with van der Waals surface area (Å²) in [6.07, 6.45) is 0.0667. The van der Waals surface area contributed by atoms with Crippen LogP contribution in [-0.2, 0) is 9.53 Å². The van der Waals surface area contributed by atoms with Gasteiger partial charge in [0.25, 0.3) is 0 Å². The molecule has 2 rings (SSSR count). The molecule has 1 aromatic rings. The van der Waals surface area contributed by atoms with E-state index < -0.39 is 0 Å². The maximum atomic E-state index is 13.2. The van der Waals surface area contributed by atoms with Crippen LogP contribution in [0.3, 0.4) is 0 Å². The van der Waals surface area contributed by atoms with Crippen molar-refractivity contribution in [3.05, 3.63) is 35.6 Å². The van der Waals surface area contributed by atoms with Crippen LogP contribution in [-0.4, -0.2) is 36.5 Å². The molecule has 2 unspecified atom stereocenters. The van der Waals surface area contributed by atoms with Crippen LogP contribution in [0.1, 0.15) is 25.0 Å². The number of morpholine rings is 1. The van der Waals surface area contributed by atoms with E-state index in [-0.39, 0.29) is 23.9 Å². The zero-order chi connectivity index (χ0) is 13.8. The molecular weight excluding hydrogens is 247 g/mol. The van der Waals surface area contributed by atoms with E-state index in [2.05, 4.69) is 0 Å². The Morgan fingerprint density at radius 3 is 3.11 bits per heavy atom. The summed E-state index contributed by atoms with van der Waals surface area (Å²) >= 11 is 0. The van der Waals surface area contributed by atoms with Gasteiger partial charge in [0.2, 0.25) is 5.91 Å². The van der Waals surface area contributed by atoms with E-state index in [0.717, 1.165) is 5.56 Å². The molecule has 0 bridgehead atoms. The number of carbonyl (C=O) groups excluding carboxylic acids is 1. The fraction of sp³-hybridized carbons (Fsp3) is 0.500. The first-order valence-corrected chi connectivity index (χ1v) is 6.46. The highest BCUT2D eigenvalue weighted by molar-refractivity contribution is 5.76. The molecule has 104 valence electrons. The maximum absolute atomic E-state index is 13.2. The lowest BCUT2D eigenvalue weighted by molar-refractivity contribution is -0.139. The van der Waals surface area contributed by atoms with E-state index in [1.165, 1.54) is 12.1 Å². The molecule has 0 saturated carbocycles. The average Bonchev–Trinajstić information content (AvgIpc) is 2.38. The first kappa shape index (κ1) is 14.0. The van der Waals surface area contributed by atoms with Gasteiger partial charge in [0.15, 0.2) is 0 Å². The number of halogens is 1. The van der Waals surface area contributed by atoms with E-state index in [9.17, 15) is 9.18 Å². The summed E-state index contributed by atoms with van der Waals surface area (Å²) in [6, 6.07) is 6.16. The molecule has 1 aromatic carbocycles. The van der Waals surface area contributed by atoms with Crippen molar-refractivity contribution < 1.29 is 13.9 Å². The second kappa shape index (κ2) is 6.12. The van der Waals surface area contributed by atoms with E-state index in [0.29, 0.717) is 26.1 Å². The van der Waals surface area contributed by atoms with Crippen LogP contribution in [0.15, 0.2) is 24.3 Å². The van der Waals surface area contributed by atoms with Crippen molar-refractivity contribution >= 4 is 5.91 Å². The van der Waals surface area contributed by atoms with Gasteiger partial charge in [-0.3, -0.25) is 4.79 Å². The number of amides is 1. The van der Waals surface area contributed by atoms with Crippen molar-refractivity contribution in [2.24, 2.45) is 5.73 Å². The Labute approximate surface area is 112 Å². The molecule has 1 aliphatic rings. The minimum atomic E-state index is -0.292. The van der Waals surface area contributed by atoms with E-state index in [1.54, 1.807) is 11.0 Å². The van der Waals surface area contributed by atoms with E-state index >= 15 is 0 Å². The lowest BCUT2D eigenvalue weighted by Gasteiger charge is -2.33. The Morgan fingerprint density at radius 1 is 1.63 bits per heavy atom. The second-order valence-corrected chi connectivity index (χ2v) is 4.94. The number of nitrogens with zero attached hydrogens (tertiary/aromatic N) is 1.